The lowest BCUT2D eigenvalue weighted by molar-refractivity contribution is 0.0953. The Hall–Kier alpha value is -4.27. The van der Waals surface area contributed by atoms with Gasteiger partial charge in [-0.1, -0.05) is 25.1 Å². The minimum atomic E-state index is -0.640. The van der Waals surface area contributed by atoms with Crippen LogP contribution in [0.4, 0.5) is 10.1 Å². The molecule has 0 aliphatic heterocycles. The van der Waals surface area contributed by atoms with E-state index in [0.29, 0.717) is 28.8 Å². The molecule has 0 spiro atoms. The number of H-pyrrole nitrogens is 1. The zero-order chi connectivity index (χ0) is 23.4. The molecular formula is C24H22FN5O3. The second-order valence-corrected chi connectivity index (χ2v) is 7.41. The van der Waals surface area contributed by atoms with Crippen LogP contribution in [0.15, 0.2) is 59.7 Å². The van der Waals surface area contributed by atoms with Crippen LogP contribution in [0.1, 0.15) is 29.3 Å². The standard InChI is InChI=1S/C24H22FN5O3/c1-2-9-27-23(31)20-21(26)17-5-3-4-16(22(17)30-24(20)32)18-11-15(6-7-19(18)25)33-13-14-8-10-28-29-12-14/h3-8,10-12H,2,9,13H2,1H3,(H,27,31)(H3,26,30,32). The fourth-order valence-electron chi connectivity index (χ4n) is 3.49. The summed E-state index contributed by atoms with van der Waals surface area (Å²) in [5.74, 6) is -0.606. The SMILES string of the molecule is CCCNC(=O)c1c(N)c2cccc(-c3cc(OCc4ccnnc4)ccc3F)c2[nH]c1=O. The minimum Gasteiger partial charge on any atom is -0.489 e. The van der Waals surface area contributed by atoms with Crippen LogP contribution in [-0.2, 0) is 6.61 Å². The fraction of sp³-hybridized carbons (Fsp3) is 0.167. The smallest absolute Gasteiger partial charge is 0.263 e. The number of hydrogen-bond acceptors (Lipinski definition) is 6. The van der Waals surface area contributed by atoms with E-state index in [2.05, 4.69) is 20.5 Å². The van der Waals surface area contributed by atoms with E-state index in [9.17, 15) is 14.0 Å². The number of fused-ring (bicyclic) bond motifs is 1. The number of aromatic amines is 1. The molecule has 0 aliphatic rings. The predicted octanol–water partition coefficient (Wildman–Crippen LogP) is 3.43. The molecular weight excluding hydrogens is 425 g/mol. The van der Waals surface area contributed by atoms with E-state index in [1.165, 1.54) is 12.1 Å². The van der Waals surface area contributed by atoms with Gasteiger partial charge in [0.2, 0.25) is 0 Å². The molecule has 33 heavy (non-hydrogen) atoms. The minimum absolute atomic E-state index is 0.0437. The third-order valence-corrected chi connectivity index (χ3v) is 5.13. The number of benzene rings is 2. The van der Waals surface area contributed by atoms with Gasteiger partial charge in [-0.25, -0.2) is 4.39 Å². The third-order valence-electron chi connectivity index (χ3n) is 5.13. The lowest BCUT2D eigenvalue weighted by Gasteiger charge is -2.13. The molecule has 0 saturated heterocycles. The van der Waals surface area contributed by atoms with Crippen molar-refractivity contribution in [2.45, 2.75) is 20.0 Å². The number of rotatable bonds is 7. The van der Waals surface area contributed by atoms with Gasteiger partial charge in [0.25, 0.3) is 11.5 Å². The zero-order valence-electron chi connectivity index (χ0n) is 17.9. The highest BCUT2D eigenvalue weighted by Gasteiger charge is 2.20. The number of nitrogens with zero attached hydrogens (tertiary/aromatic N) is 2. The van der Waals surface area contributed by atoms with Gasteiger partial charge in [-0.15, -0.1) is 0 Å². The van der Waals surface area contributed by atoms with Crippen molar-refractivity contribution in [3.63, 3.8) is 0 Å². The van der Waals surface area contributed by atoms with Gasteiger partial charge in [0, 0.05) is 34.8 Å². The van der Waals surface area contributed by atoms with Crippen molar-refractivity contribution in [2.24, 2.45) is 0 Å². The molecule has 4 N–H and O–H groups in total. The number of ether oxygens (including phenoxy) is 1. The van der Waals surface area contributed by atoms with Gasteiger partial charge in [-0.05, 0) is 30.7 Å². The normalized spacial score (nSPS) is 10.8. The number of nitrogen functional groups attached to an aromatic ring is 1. The Bertz CT molecular complexity index is 1370. The van der Waals surface area contributed by atoms with Crippen LogP contribution in [-0.4, -0.2) is 27.6 Å². The number of amides is 1. The van der Waals surface area contributed by atoms with Gasteiger partial charge in [-0.2, -0.15) is 10.2 Å². The fourth-order valence-corrected chi connectivity index (χ4v) is 3.49. The number of anilines is 1. The highest BCUT2D eigenvalue weighted by Crippen LogP contribution is 2.34. The van der Waals surface area contributed by atoms with Gasteiger partial charge < -0.3 is 20.8 Å². The summed E-state index contributed by atoms with van der Waals surface area (Å²) in [4.78, 5) is 27.9. The van der Waals surface area contributed by atoms with Crippen molar-refractivity contribution >= 4 is 22.5 Å². The van der Waals surface area contributed by atoms with Crippen LogP contribution >= 0.6 is 0 Å². The molecule has 4 rings (SSSR count). The van der Waals surface area contributed by atoms with E-state index in [-0.39, 0.29) is 23.4 Å². The highest BCUT2D eigenvalue weighted by atomic mass is 19.1. The van der Waals surface area contributed by atoms with Crippen LogP contribution in [0.25, 0.3) is 22.0 Å². The number of pyridine rings is 1. The Morgan fingerprint density at radius 3 is 2.79 bits per heavy atom. The number of hydrogen-bond donors (Lipinski definition) is 3. The molecule has 0 aliphatic carbocycles. The summed E-state index contributed by atoms with van der Waals surface area (Å²) in [6, 6.07) is 11.2. The molecule has 9 heteroatoms. The van der Waals surface area contributed by atoms with Gasteiger partial charge >= 0.3 is 0 Å². The summed E-state index contributed by atoms with van der Waals surface area (Å²) in [6.45, 7) is 2.56. The largest absolute Gasteiger partial charge is 0.489 e. The maximum absolute atomic E-state index is 14.8. The molecule has 4 aromatic rings. The molecule has 0 atom stereocenters. The average Bonchev–Trinajstić information content (AvgIpc) is 2.82. The lowest BCUT2D eigenvalue weighted by Crippen LogP contribution is -2.31. The van der Waals surface area contributed by atoms with Gasteiger partial charge in [0.1, 0.15) is 23.7 Å². The van der Waals surface area contributed by atoms with Crippen molar-refractivity contribution in [3.05, 3.63) is 82.2 Å². The van der Waals surface area contributed by atoms with Crippen LogP contribution in [0, 0.1) is 5.82 Å². The topological polar surface area (TPSA) is 123 Å². The molecule has 0 unspecified atom stereocenters. The number of nitrogens with one attached hydrogen (secondary N) is 2. The van der Waals surface area contributed by atoms with E-state index in [1.807, 2.05) is 6.92 Å². The number of halogens is 1. The summed E-state index contributed by atoms with van der Waals surface area (Å²) < 4.78 is 20.6. The number of nitrogens with two attached hydrogens (primary N) is 1. The molecule has 0 bridgehead atoms. The molecule has 0 fully saturated rings. The highest BCUT2D eigenvalue weighted by molar-refractivity contribution is 6.08. The van der Waals surface area contributed by atoms with Crippen molar-refractivity contribution in [2.75, 3.05) is 12.3 Å². The van der Waals surface area contributed by atoms with E-state index in [0.717, 1.165) is 12.0 Å². The predicted molar refractivity (Wildman–Crippen MR) is 123 cm³/mol. The van der Waals surface area contributed by atoms with Crippen LogP contribution in [0.3, 0.4) is 0 Å². The second kappa shape index (κ2) is 9.47. The van der Waals surface area contributed by atoms with Gasteiger partial charge in [0.05, 0.1) is 17.4 Å². The number of carbonyl (C=O) groups is 1. The van der Waals surface area contributed by atoms with Gasteiger partial charge in [0.15, 0.2) is 0 Å². The summed E-state index contributed by atoms with van der Waals surface area (Å²) in [5, 5.41) is 10.6. The zero-order valence-corrected chi connectivity index (χ0v) is 17.9. The van der Waals surface area contributed by atoms with Crippen molar-refractivity contribution in [1.82, 2.24) is 20.5 Å². The lowest BCUT2D eigenvalue weighted by atomic mass is 9.99. The average molecular weight is 447 g/mol. The molecule has 2 heterocycles. The first-order valence-electron chi connectivity index (χ1n) is 10.4. The number of aromatic nitrogens is 3. The Kier molecular flexibility index (Phi) is 6.30. The molecule has 2 aromatic carbocycles. The maximum atomic E-state index is 14.8. The van der Waals surface area contributed by atoms with E-state index in [1.54, 1.807) is 42.7 Å². The quantitative estimate of drug-likeness (QED) is 0.399. The molecule has 1 amide bonds. The van der Waals surface area contributed by atoms with E-state index >= 15 is 0 Å². The maximum Gasteiger partial charge on any atom is 0.263 e. The molecule has 0 radical (unpaired) electrons. The first-order chi connectivity index (χ1) is 16.0. The summed E-state index contributed by atoms with van der Waals surface area (Å²) in [5.41, 5.74) is 7.25. The molecule has 2 aromatic heterocycles. The van der Waals surface area contributed by atoms with Crippen LogP contribution in [0.5, 0.6) is 5.75 Å². The van der Waals surface area contributed by atoms with Crippen molar-refractivity contribution < 1.29 is 13.9 Å². The van der Waals surface area contributed by atoms with E-state index in [4.69, 9.17) is 10.5 Å². The summed E-state index contributed by atoms with van der Waals surface area (Å²) in [6.07, 6.45) is 3.86. The Morgan fingerprint density at radius 1 is 1.18 bits per heavy atom. The number of para-hydroxylation sites is 1. The monoisotopic (exact) mass is 447 g/mol. The first kappa shape index (κ1) is 21.9. The van der Waals surface area contributed by atoms with Crippen molar-refractivity contribution in [1.29, 1.82) is 0 Å². The van der Waals surface area contributed by atoms with Crippen LogP contribution < -0.4 is 21.3 Å². The Morgan fingerprint density at radius 2 is 2.03 bits per heavy atom. The second-order valence-electron chi connectivity index (χ2n) is 7.41. The molecule has 8 nitrogen and oxygen atoms in total. The summed E-state index contributed by atoms with van der Waals surface area (Å²) in [7, 11) is 0. The molecule has 0 saturated carbocycles. The Labute approximate surface area is 188 Å². The van der Waals surface area contributed by atoms with Gasteiger partial charge in [-0.3, -0.25) is 9.59 Å². The third kappa shape index (κ3) is 4.52. The summed E-state index contributed by atoms with van der Waals surface area (Å²) >= 11 is 0. The Balaban J connectivity index is 1.75. The van der Waals surface area contributed by atoms with Crippen molar-refractivity contribution in [3.8, 4) is 16.9 Å². The van der Waals surface area contributed by atoms with Crippen LogP contribution in [0.2, 0.25) is 0 Å². The molecule has 168 valence electrons. The number of carbonyl (C=O) groups excluding carboxylic acids is 1. The first-order valence-corrected chi connectivity index (χ1v) is 10.4. The van der Waals surface area contributed by atoms with E-state index < -0.39 is 17.3 Å².